The van der Waals surface area contributed by atoms with E-state index in [1.165, 1.54) is 0 Å². The highest BCUT2D eigenvalue weighted by molar-refractivity contribution is 5.92. The van der Waals surface area contributed by atoms with E-state index in [1.54, 1.807) is 20.8 Å². The fraction of sp³-hybridized carbons (Fsp3) is 0.382. The highest BCUT2D eigenvalue weighted by atomic mass is 16.6. The number of hydrogen-bond acceptors (Lipinski definition) is 6. The Morgan fingerprint density at radius 3 is 2.27 bits per heavy atom. The summed E-state index contributed by atoms with van der Waals surface area (Å²) in [4.78, 5) is 55.8. The number of ether oxygens (including phenoxy) is 1. The van der Waals surface area contributed by atoms with Crippen molar-refractivity contribution in [2.24, 2.45) is 22.4 Å². The summed E-state index contributed by atoms with van der Waals surface area (Å²) in [6, 6.07) is 21.2. The smallest absolute Gasteiger partial charge is 0.407 e. The second-order valence-electron chi connectivity index (χ2n) is 11.9. The van der Waals surface area contributed by atoms with Crippen LogP contribution in [0.4, 0.5) is 4.79 Å². The van der Waals surface area contributed by atoms with E-state index >= 15 is 0 Å². The minimum Gasteiger partial charge on any atom is -0.444 e. The van der Waals surface area contributed by atoms with Gasteiger partial charge in [0.05, 0.1) is 12.0 Å². The molecule has 7 N–H and O–H groups in total. The average molecular weight is 617 g/mol. The van der Waals surface area contributed by atoms with Crippen molar-refractivity contribution in [1.29, 1.82) is 0 Å². The summed E-state index contributed by atoms with van der Waals surface area (Å²) in [6.07, 6.45) is 1.29. The number of nitrogens with zero attached hydrogens (tertiary/aromatic N) is 1. The van der Waals surface area contributed by atoms with Crippen LogP contribution in [0.15, 0.2) is 77.8 Å². The van der Waals surface area contributed by atoms with E-state index in [2.05, 4.69) is 20.9 Å². The first kappa shape index (κ1) is 34.6. The number of hydrogen-bond donors (Lipinski definition) is 5. The third-order valence-electron chi connectivity index (χ3n) is 6.98. The molecule has 0 aliphatic carbocycles. The molecular weight excluding hydrogens is 572 g/mol. The highest BCUT2D eigenvalue weighted by Crippen LogP contribution is 2.20. The van der Waals surface area contributed by atoms with Crippen LogP contribution in [0.3, 0.4) is 0 Å². The molecule has 2 unspecified atom stereocenters. The molecule has 0 aliphatic heterocycles. The van der Waals surface area contributed by atoms with Crippen molar-refractivity contribution in [3.8, 4) is 0 Å². The molecule has 45 heavy (non-hydrogen) atoms. The summed E-state index contributed by atoms with van der Waals surface area (Å²) < 4.78 is 5.37. The first-order chi connectivity index (χ1) is 21.4. The van der Waals surface area contributed by atoms with Gasteiger partial charge in [-0.1, -0.05) is 72.8 Å². The second-order valence-corrected chi connectivity index (χ2v) is 11.9. The Hall–Kier alpha value is -4.93. The first-order valence-electron chi connectivity index (χ1n) is 15.0. The lowest BCUT2D eigenvalue weighted by Gasteiger charge is -2.25. The van der Waals surface area contributed by atoms with Gasteiger partial charge < -0.3 is 36.9 Å². The van der Waals surface area contributed by atoms with Crippen molar-refractivity contribution in [2.75, 3.05) is 13.1 Å². The molecule has 11 heteroatoms. The zero-order valence-electron chi connectivity index (χ0n) is 26.1. The molecule has 0 heterocycles. The first-order valence-corrected chi connectivity index (χ1v) is 15.0. The van der Waals surface area contributed by atoms with Crippen LogP contribution < -0.4 is 27.4 Å². The molecule has 0 aliphatic rings. The summed E-state index contributed by atoms with van der Waals surface area (Å²) in [5, 5.41) is 10.3. The van der Waals surface area contributed by atoms with E-state index in [9.17, 15) is 19.2 Å². The number of rotatable bonds is 15. The van der Waals surface area contributed by atoms with Gasteiger partial charge in [0, 0.05) is 19.5 Å². The molecule has 3 aromatic carbocycles. The van der Waals surface area contributed by atoms with Crippen LogP contribution >= 0.6 is 0 Å². The minimum absolute atomic E-state index is 0.0139. The highest BCUT2D eigenvalue weighted by Gasteiger charge is 2.29. The Morgan fingerprint density at radius 2 is 1.58 bits per heavy atom. The summed E-state index contributed by atoms with van der Waals surface area (Å²) >= 11 is 0. The fourth-order valence-electron chi connectivity index (χ4n) is 4.84. The predicted molar refractivity (Wildman–Crippen MR) is 175 cm³/mol. The molecule has 3 aromatic rings. The lowest BCUT2D eigenvalue weighted by molar-refractivity contribution is -0.131. The van der Waals surface area contributed by atoms with Crippen molar-refractivity contribution in [1.82, 2.24) is 16.0 Å². The molecule has 240 valence electrons. The average Bonchev–Trinajstić information content (AvgIpc) is 2.99. The zero-order valence-corrected chi connectivity index (χ0v) is 26.1. The Labute approximate surface area is 264 Å². The molecule has 3 amide bonds. The molecule has 3 atom stereocenters. The van der Waals surface area contributed by atoms with Crippen LogP contribution in [0.25, 0.3) is 10.8 Å². The lowest BCUT2D eigenvalue weighted by atomic mass is 9.95. The van der Waals surface area contributed by atoms with E-state index in [4.69, 9.17) is 16.2 Å². The van der Waals surface area contributed by atoms with Crippen LogP contribution in [0.2, 0.25) is 0 Å². The summed E-state index contributed by atoms with van der Waals surface area (Å²) in [5.74, 6) is -1.70. The molecule has 0 saturated carbocycles. The molecule has 0 fully saturated rings. The maximum absolute atomic E-state index is 13.9. The van der Waals surface area contributed by atoms with Gasteiger partial charge in [0.2, 0.25) is 11.8 Å². The van der Waals surface area contributed by atoms with E-state index < -0.39 is 41.5 Å². The van der Waals surface area contributed by atoms with Crippen LogP contribution in [0.1, 0.15) is 44.7 Å². The van der Waals surface area contributed by atoms with Crippen molar-refractivity contribution in [3.63, 3.8) is 0 Å². The van der Waals surface area contributed by atoms with Crippen LogP contribution in [-0.4, -0.2) is 60.9 Å². The number of aliphatic imine (C=N–C) groups is 1. The summed E-state index contributed by atoms with van der Waals surface area (Å²) in [5.41, 5.74) is 11.8. The lowest BCUT2D eigenvalue weighted by Crippen LogP contribution is -2.53. The second kappa shape index (κ2) is 16.8. The molecule has 0 bridgehead atoms. The van der Waals surface area contributed by atoms with Crippen molar-refractivity contribution in [2.45, 2.75) is 64.1 Å². The van der Waals surface area contributed by atoms with E-state index in [0.29, 0.717) is 32.1 Å². The number of alkyl carbamates (subject to hydrolysis) is 1. The van der Waals surface area contributed by atoms with Gasteiger partial charge >= 0.3 is 6.09 Å². The number of carbonyl (C=O) groups excluding carboxylic acids is 4. The van der Waals surface area contributed by atoms with Gasteiger partial charge in [0.25, 0.3) is 0 Å². The van der Waals surface area contributed by atoms with E-state index in [1.807, 2.05) is 72.8 Å². The zero-order chi connectivity index (χ0) is 32.8. The largest absolute Gasteiger partial charge is 0.444 e. The monoisotopic (exact) mass is 616 g/mol. The van der Waals surface area contributed by atoms with Gasteiger partial charge in [-0.25, -0.2) is 4.79 Å². The molecule has 0 spiro atoms. The standard InChI is InChI=1S/C34H44N6O5/c1-34(2,3)45-33(44)38-21-26(19-23-11-5-4-6-12-23)30(42)40-29(20-25-15-9-14-24-13-7-8-17-28(24)25)31(43)39-27(22-41)16-10-18-37-32(35)36/h4-9,11-15,17,22,26-27,29H,10,16,18-21H2,1-3H3,(H,38,44)(H,39,43)(H,40,42)(H4,35,36,37)/t26?,27-,29?/m0/s1. The Balaban J connectivity index is 1.85. The predicted octanol–water partition coefficient (Wildman–Crippen LogP) is 2.99. The van der Waals surface area contributed by atoms with Gasteiger partial charge in [-0.3, -0.25) is 14.6 Å². The SMILES string of the molecule is CC(C)(C)OC(=O)NCC(Cc1ccccc1)C(=O)NC(Cc1cccc2ccccc12)C(=O)N[C@H](C=O)CCCN=C(N)N. The third kappa shape index (κ3) is 11.9. The van der Waals surface area contributed by atoms with Crippen molar-refractivity contribution in [3.05, 3.63) is 83.9 Å². The number of guanidine groups is 1. The number of carbonyl (C=O) groups is 4. The number of nitrogens with one attached hydrogen (secondary N) is 3. The third-order valence-corrected chi connectivity index (χ3v) is 6.98. The van der Waals surface area contributed by atoms with Gasteiger partial charge in [-0.15, -0.1) is 0 Å². The summed E-state index contributed by atoms with van der Waals surface area (Å²) in [6.45, 7) is 5.56. The van der Waals surface area contributed by atoms with E-state index in [0.717, 1.165) is 21.9 Å². The fourth-order valence-corrected chi connectivity index (χ4v) is 4.84. The normalized spacial score (nSPS) is 13.1. The summed E-state index contributed by atoms with van der Waals surface area (Å²) in [7, 11) is 0. The van der Waals surface area contributed by atoms with Crippen molar-refractivity contribution < 1.29 is 23.9 Å². The number of fused-ring (bicyclic) bond motifs is 1. The Kier molecular flexibility index (Phi) is 12.9. The number of aldehydes is 1. The van der Waals surface area contributed by atoms with Gasteiger partial charge in [-0.05, 0) is 61.9 Å². The molecule has 0 aromatic heterocycles. The van der Waals surface area contributed by atoms with Crippen LogP contribution in [0.5, 0.6) is 0 Å². The van der Waals surface area contributed by atoms with E-state index in [-0.39, 0.29) is 18.9 Å². The maximum Gasteiger partial charge on any atom is 0.407 e. The molecule has 11 nitrogen and oxygen atoms in total. The van der Waals surface area contributed by atoms with Crippen LogP contribution in [0, 0.1) is 5.92 Å². The van der Waals surface area contributed by atoms with Gasteiger partial charge in [0.1, 0.15) is 17.9 Å². The van der Waals surface area contributed by atoms with Crippen molar-refractivity contribution >= 4 is 40.9 Å². The minimum atomic E-state index is -1.01. The van der Waals surface area contributed by atoms with Crippen LogP contribution in [-0.2, 0) is 32.0 Å². The maximum atomic E-state index is 13.9. The van der Waals surface area contributed by atoms with Gasteiger partial charge in [0.15, 0.2) is 5.96 Å². The topological polar surface area (TPSA) is 178 Å². The number of nitrogens with two attached hydrogens (primary N) is 2. The van der Waals surface area contributed by atoms with Gasteiger partial charge in [-0.2, -0.15) is 0 Å². The number of benzene rings is 3. The Bertz CT molecular complexity index is 1460. The number of amides is 3. The molecular formula is C34H44N6O5. The quantitative estimate of drug-likeness (QED) is 0.0754. The molecule has 0 radical (unpaired) electrons. The molecule has 3 rings (SSSR count). The Morgan fingerprint density at radius 1 is 0.889 bits per heavy atom. The molecule has 0 saturated heterocycles.